The Labute approximate surface area is 477 Å². The molecule has 0 heterocycles. The average molecular weight is 1070 g/mol. The van der Waals surface area contributed by atoms with Gasteiger partial charge in [0, 0.05) is 19.3 Å². The number of allylic oxidation sites excluding steroid dienone is 16. The van der Waals surface area contributed by atoms with Gasteiger partial charge in [-0.05, 0) is 122 Å². The van der Waals surface area contributed by atoms with Gasteiger partial charge in [-0.15, -0.1) is 0 Å². The quantitative estimate of drug-likeness (QED) is 0.0261. The van der Waals surface area contributed by atoms with Crippen LogP contribution in [-0.4, -0.2) is 37.2 Å². The summed E-state index contributed by atoms with van der Waals surface area (Å²) in [4.78, 5) is 38.4. The molecule has 6 nitrogen and oxygen atoms in total. The van der Waals surface area contributed by atoms with Crippen LogP contribution in [0.15, 0.2) is 97.2 Å². The van der Waals surface area contributed by atoms with Crippen molar-refractivity contribution in [1.82, 2.24) is 0 Å². The molecular formula is C71H122O6. The number of carbonyl (C=O) groups excluding carboxylic acids is 3. The predicted octanol–water partition coefficient (Wildman–Crippen LogP) is 22.4. The van der Waals surface area contributed by atoms with E-state index in [1.165, 1.54) is 173 Å². The van der Waals surface area contributed by atoms with Gasteiger partial charge in [-0.2, -0.15) is 0 Å². The van der Waals surface area contributed by atoms with Crippen molar-refractivity contribution in [3.63, 3.8) is 0 Å². The van der Waals surface area contributed by atoms with E-state index in [9.17, 15) is 14.4 Å². The molecule has 1 unspecified atom stereocenters. The number of hydrogen-bond donors (Lipinski definition) is 0. The van der Waals surface area contributed by atoms with Crippen LogP contribution in [0.1, 0.15) is 316 Å². The third-order valence-electron chi connectivity index (χ3n) is 14.0. The topological polar surface area (TPSA) is 78.9 Å². The van der Waals surface area contributed by atoms with Crippen LogP contribution in [0.4, 0.5) is 0 Å². The normalized spacial score (nSPS) is 12.7. The molecule has 0 saturated carbocycles. The van der Waals surface area contributed by atoms with Crippen molar-refractivity contribution >= 4 is 17.9 Å². The zero-order valence-corrected chi connectivity index (χ0v) is 50.7. The van der Waals surface area contributed by atoms with Gasteiger partial charge in [-0.25, -0.2) is 0 Å². The molecule has 77 heavy (non-hydrogen) atoms. The number of esters is 3. The molecule has 0 saturated heterocycles. The summed E-state index contributed by atoms with van der Waals surface area (Å²) in [6.07, 6.45) is 86.9. The largest absolute Gasteiger partial charge is 0.462 e. The predicted molar refractivity (Wildman–Crippen MR) is 334 cm³/mol. The van der Waals surface area contributed by atoms with Crippen molar-refractivity contribution in [3.05, 3.63) is 97.2 Å². The maximum Gasteiger partial charge on any atom is 0.306 e. The number of hydrogen-bond acceptors (Lipinski definition) is 6. The monoisotopic (exact) mass is 1070 g/mol. The van der Waals surface area contributed by atoms with Gasteiger partial charge in [-0.3, -0.25) is 14.4 Å². The van der Waals surface area contributed by atoms with Crippen LogP contribution >= 0.6 is 0 Å². The van der Waals surface area contributed by atoms with Crippen molar-refractivity contribution in [1.29, 1.82) is 0 Å². The van der Waals surface area contributed by atoms with E-state index in [1.54, 1.807) is 0 Å². The second kappa shape index (κ2) is 64.9. The standard InChI is InChI=1S/C71H122O6/c1-4-7-10-13-16-19-22-25-28-31-33-34-35-36-38-40-43-46-49-52-55-58-61-64-70(73)76-67-68(66-75-69(72)63-60-57-54-51-48-45-42-39-30-27-24-21-18-15-12-9-6-3)77-71(74)65-62-59-56-53-50-47-44-41-37-32-29-26-23-20-17-14-11-8-5-2/h7,10,16-17,19-20,25-30,33-34,36,38,68H,4-6,8-9,11-15,18,21-24,31-32,35,37,39-67H2,1-3H3/b10-7-,19-16-,20-17-,28-25-,29-26-,30-27-,34-33-,38-36-. The number of carbonyl (C=O) groups is 3. The first-order valence-corrected chi connectivity index (χ1v) is 32.7. The summed E-state index contributed by atoms with van der Waals surface area (Å²) < 4.78 is 17.0. The van der Waals surface area contributed by atoms with Gasteiger partial charge in [0.25, 0.3) is 0 Å². The third kappa shape index (κ3) is 63.0. The van der Waals surface area contributed by atoms with Gasteiger partial charge in [0.05, 0.1) is 0 Å². The summed E-state index contributed by atoms with van der Waals surface area (Å²) in [5.74, 6) is -0.892. The summed E-state index contributed by atoms with van der Waals surface area (Å²) in [7, 11) is 0. The SMILES string of the molecule is CC/C=C\C/C=C\C/C=C\C/C=C\C/C=C\CCCCCCCCCC(=O)OCC(COC(=O)CCCCCCCCC/C=C\CCCCCCCC)OC(=O)CCCCCCCCCCC/C=C\C/C=C\CCCCC. The highest BCUT2D eigenvalue weighted by Gasteiger charge is 2.19. The van der Waals surface area contributed by atoms with E-state index in [4.69, 9.17) is 14.2 Å². The Kier molecular flexibility index (Phi) is 61.8. The smallest absolute Gasteiger partial charge is 0.306 e. The molecule has 0 rings (SSSR count). The first-order chi connectivity index (χ1) is 38.0. The molecule has 6 heteroatoms. The first-order valence-electron chi connectivity index (χ1n) is 32.7. The highest BCUT2D eigenvalue weighted by molar-refractivity contribution is 5.71. The number of unbranched alkanes of at least 4 members (excludes halogenated alkanes) is 32. The van der Waals surface area contributed by atoms with Crippen LogP contribution in [0.2, 0.25) is 0 Å². The van der Waals surface area contributed by atoms with Gasteiger partial charge < -0.3 is 14.2 Å². The van der Waals surface area contributed by atoms with Crippen LogP contribution < -0.4 is 0 Å². The molecule has 0 spiro atoms. The molecule has 0 radical (unpaired) electrons. The number of ether oxygens (including phenoxy) is 3. The fourth-order valence-electron chi connectivity index (χ4n) is 9.14. The van der Waals surface area contributed by atoms with Gasteiger partial charge in [0.1, 0.15) is 13.2 Å². The van der Waals surface area contributed by atoms with Gasteiger partial charge in [-0.1, -0.05) is 272 Å². The summed E-state index contributed by atoms with van der Waals surface area (Å²) in [6, 6.07) is 0. The third-order valence-corrected chi connectivity index (χ3v) is 14.0. The van der Waals surface area contributed by atoms with Crippen LogP contribution in [0.3, 0.4) is 0 Å². The maximum atomic E-state index is 12.9. The lowest BCUT2D eigenvalue weighted by Crippen LogP contribution is -2.30. The van der Waals surface area contributed by atoms with Crippen molar-refractivity contribution < 1.29 is 28.6 Å². The summed E-state index contributed by atoms with van der Waals surface area (Å²) in [5, 5.41) is 0. The molecular weight excluding hydrogens is 949 g/mol. The molecule has 0 aromatic carbocycles. The Bertz CT molecular complexity index is 1510. The molecule has 0 bridgehead atoms. The summed E-state index contributed by atoms with van der Waals surface area (Å²) in [6.45, 7) is 6.51. The summed E-state index contributed by atoms with van der Waals surface area (Å²) >= 11 is 0. The zero-order valence-electron chi connectivity index (χ0n) is 50.7. The molecule has 0 aliphatic heterocycles. The van der Waals surface area contributed by atoms with Gasteiger partial charge in [0.2, 0.25) is 0 Å². The average Bonchev–Trinajstić information content (AvgIpc) is 3.43. The zero-order chi connectivity index (χ0) is 55.7. The maximum absolute atomic E-state index is 12.9. The Balaban J connectivity index is 4.41. The van der Waals surface area contributed by atoms with E-state index in [2.05, 4.69) is 118 Å². The van der Waals surface area contributed by atoms with Crippen LogP contribution in [0, 0.1) is 0 Å². The molecule has 442 valence electrons. The second-order valence-electron chi connectivity index (χ2n) is 21.6. The lowest BCUT2D eigenvalue weighted by molar-refractivity contribution is -0.167. The van der Waals surface area contributed by atoms with Crippen LogP contribution in [0.5, 0.6) is 0 Å². The molecule has 1 atom stereocenters. The van der Waals surface area contributed by atoms with E-state index in [0.29, 0.717) is 19.3 Å². The molecule has 0 amide bonds. The molecule has 0 aromatic rings. The second-order valence-corrected chi connectivity index (χ2v) is 21.6. The first kappa shape index (κ1) is 73.3. The minimum absolute atomic E-state index is 0.0842. The van der Waals surface area contributed by atoms with Crippen molar-refractivity contribution in [2.75, 3.05) is 13.2 Å². The Morgan fingerprint density at radius 1 is 0.273 bits per heavy atom. The molecule has 0 N–H and O–H groups in total. The van der Waals surface area contributed by atoms with Crippen LogP contribution in [0.25, 0.3) is 0 Å². The van der Waals surface area contributed by atoms with Crippen molar-refractivity contribution in [3.8, 4) is 0 Å². The lowest BCUT2D eigenvalue weighted by Gasteiger charge is -2.18. The van der Waals surface area contributed by atoms with Crippen molar-refractivity contribution in [2.45, 2.75) is 322 Å². The Morgan fingerprint density at radius 3 is 0.831 bits per heavy atom. The minimum atomic E-state index is -0.789. The molecule has 0 aromatic heterocycles. The van der Waals surface area contributed by atoms with E-state index in [1.807, 2.05) is 0 Å². The highest BCUT2D eigenvalue weighted by Crippen LogP contribution is 2.16. The fourth-order valence-corrected chi connectivity index (χ4v) is 9.14. The minimum Gasteiger partial charge on any atom is -0.462 e. The van der Waals surface area contributed by atoms with E-state index in [0.717, 1.165) is 103 Å². The lowest BCUT2D eigenvalue weighted by atomic mass is 10.1. The van der Waals surface area contributed by atoms with E-state index in [-0.39, 0.29) is 31.1 Å². The van der Waals surface area contributed by atoms with Gasteiger partial charge >= 0.3 is 17.9 Å². The van der Waals surface area contributed by atoms with Gasteiger partial charge in [0.15, 0.2) is 6.10 Å². The number of rotatable bonds is 59. The Morgan fingerprint density at radius 2 is 0.506 bits per heavy atom. The molecule has 0 aliphatic carbocycles. The molecule has 0 aliphatic rings. The van der Waals surface area contributed by atoms with Crippen LogP contribution in [-0.2, 0) is 28.6 Å². The fraction of sp³-hybridized carbons (Fsp3) is 0.732. The summed E-state index contributed by atoms with van der Waals surface area (Å²) in [5.41, 5.74) is 0. The highest BCUT2D eigenvalue weighted by atomic mass is 16.6. The Hall–Kier alpha value is -3.67. The molecule has 0 fully saturated rings. The van der Waals surface area contributed by atoms with E-state index >= 15 is 0 Å². The van der Waals surface area contributed by atoms with E-state index < -0.39 is 6.10 Å². The van der Waals surface area contributed by atoms with Crippen molar-refractivity contribution in [2.24, 2.45) is 0 Å².